The van der Waals surface area contributed by atoms with Gasteiger partial charge in [0.25, 0.3) is 0 Å². The second-order valence-electron chi connectivity index (χ2n) is 6.66. The standard InChI is InChI=1S/C24H20O5/c1-27-21-14-20(24(25)26)19-13-18(29-22(19)23(21)28-2)12-15-8-10-17(11-9-15)16-6-4-3-5-7-16/h3-11,13-14H,12H2,1-2H3,(H,25,26). The van der Waals surface area contributed by atoms with E-state index in [0.717, 1.165) is 16.7 Å². The number of ether oxygens (including phenoxy) is 2. The number of hydrogen-bond acceptors (Lipinski definition) is 4. The number of hydrogen-bond donors (Lipinski definition) is 1. The lowest BCUT2D eigenvalue weighted by atomic mass is 10.0. The summed E-state index contributed by atoms with van der Waals surface area (Å²) in [7, 11) is 2.97. The molecule has 0 radical (unpaired) electrons. The predicted molar refractivity (Wildman–Crippen MR) is 111 cm³/mol. The summed E-state index contributed by atoms with van der Waals surface area (Å²) in [4.78, 5) is 11.7. The van der Waals surface area contributed by atoms with E-state index in [9.17, 15) is 9.90 Å². The van der Waals surface area contributed by atoms with E-state index in [1.54, 1.807) is 6.07 Å². The number of fused-ring (bicyclic) bond motifs is 1. The molecule has 0 amide bonds. The van der Waals surface area contributed by atoms with Crippen LogP contribution in [0.3, 0.4) is 0 Å². The fourth-order valence-electron chi connectivity index (χ4n) is 3.45. The van der Waals surface area contributed by atoms with Crippen LogP contribution in [0.4, 0.5) is 0 Å². The van der Waals surface area contributed by atoms with Crippen molar-refractivity contribution in [1.82, 2.24) is 0 Å². The van der Waals surface area contributed by atoms with Gasteiger partial charge in [0.1, 0.15) is 5.76 Å². The van der Waals surface area contributed by atoms with E-state index in [2.05, 4.69) is 24.3 Å². The van der Waals surface area contributed by atoms with Crippen molar-refractivity contribution in [3.8, 4) is 22.6 Å². The third kappa shape index (κ3) is 3.55. The maximum atomic E-state index is 11.7. The van der Waals surface area contributed by atoms with E-state index in [1.807, 2.05) is 30.3 Å². The first-order chi connectivity index (χ1) is 14.1. The third-order valence-electron chi connectivity index (χ3n) is 4.87. The Bertz CT molecular complexity index is 1160. The molecule has 4 aromatic rings. The minimum atomic E-state index is -1.05. The maximum absolute atomic E-state index is 11.7. The molecule has 0 fully saturated rings. The molecule has 0 bridgehead atoms. The summed E-state index contributed by atoms with van der Waals surface area (Å²) in [6.07, 6.45) is 0.536. The molecule has 5 nitrogen and oxygen atoms in total. The highest BCUT2D eigenvalue weighted by molar-refractivity contribution is 6.05. The van der Waals surface area contributed by atoms with E-state index >= 15 is 0 Å². The lowest BCUT2D eigenvalue weighted by molar-refractivity contribution is 0.0698. The first-order valence-electron chi connectivity index (χ1n) is 9.15. The SMILES string of the molecule is COc1cc(C(=O)O)c2cc(Cc3ccc(-c4ccccc4)cc3)oc2c1OC. The number of carbonyl (C=O) groups is 1. The zero-order valence-corrected chi connectivity index (χ0v) is 16.1. The molecular weight excluding hydrogens is 368 g/mol. The zero-order valence-electron chi connectivity index (χ0n) is 16.1. The Labute approximate surface area is 168 Å². The van der Waals surface area contributed by atoms with Crippen molar-refractivity contribution in [1.29, 1.82) is 0 Å². The summed E-state index contributed by atoms with van der Waals surface area (Å²) in [5, 5.41) is 10.1. The minimum Gasteiger partial charge on any atom is -0.493 e. The van der Waals surface area contributed by atoms with Crippen LogP contribution in [0.2, 0.25) is 0 Å². The van der Waals surface area contributed by atoms with Crippen LogP contribution in [0.25, 0.3) is 22.1 Å². The van der Waals surface area contributed by atoms with Gasteiger partial charge in [0.05, 0.1) is 19.8 Å². The largest absolute Gasteiger partial charge is 0.493 e. The van der Waals surface area contributed by atoms with Crippen LogP contribution in [0, 0.1) is 0 Å². The summed E-state index contributed by atoms with van der Waals surface area (Å²) in [5.41, 5.74) is 3.85. The average Bonchev–Trinajstić information content (AvgIpc) is 3.16. The van der Waals surface area contributed by atoms with Crippen LogP contribution in [0.15, 0.2) is 71.1 Å². The Hall–Kier alpha value is -3.73. The zero-order chi connectivity index (χ0) is 20.4. The van der Waals surface area contributed by atoms with Crippen LogP contribution in [-0.2, 0) is 6.42 Å². The van der Waals surface area contributed by atoms with Crippen LogP contribution in [0.5, 0.6) is 11.5 Å². The van der Waals surface area contributed by atoms with Gasteiger partial charge in [-0.05, 0) is 28.8 Å². The van der Waals surface area contributed by atoms with E-state index in [0.29, 0.717) is 34.6 Å². The molecule has 1 heterocycles. The molecule has 0 aliphatic heterocycles. The Balaban J connectivity index is 1.70. The molecule has 0 saturated heterocycles. The summed E-state index contributed by atoms with van der Waals surface area (Å²) in [5.74, 6) is 0.320. The number of aromatic carboxylic acids is 1. The van der Waals surface area contributed by atoms with Crippen molar-refractivity contribution >= 4 is 16.9 Å². The van der Waals surface area contributed by atoms with Crippen molar-refractivity contribution in [2.45, 2.75) is 6.42 Å². The van der Waals surface area contributed by atoms with Gasteiger partial charge in [-0.2, -0.15) is 0 Å². The van der Waals surface area contributed by atoms with E-state index in [1.165, 1.54) is 20.3 Å². The first kappa shape index (κ1) is 18.6. The highest BCUT2D eigenvalue weighted by Crippen LogP contribution is 2.40. The van der Waals surface area contributed by atoms with Crippen molar-refractivity contribution in [3.05, 3.63) is 83.6 Å². The lowest BCUT2D eigenvalue weighted by Gasteiger charge is -2.09. The number of benzene rings is 3. The number of rotatable bonds is 6. The first-order valence-corrected chi connectivity index (χ1v) is 9.15. The van der Waals surface area contributed by atoms with E-state index in [-0.39, 0.29) is 5.56 Å². The smallest absolute Gasteiger partial charge is 0.336 e. The Morgan fingerprint density at radius 2 is 1.62 bits per heavy atom. The molecule has 5 heteroatoms. The molecule has 0 atom stereocenters. The molecule has 0 aliphatic carbocycles. The Morgan fingerprint density at radius 3 is 2.24 bits per heavy atom. The molecule has 1 aromatic heterocycles. The van der Waals surface area contributed by atoms with Gasteiger partial charge in [-0.25, -0.2) is 4.79 Å². The maximum Gasteiger partial charge on any atom is 0.336 e. The van der Waals surface area contributed by atoms with Gasteiger partial charge in [-0.15, -0.1) is 0 Å². The fraction of sp³-hybridized carbons (Fsp3) is 0.125. The van der Waals surface area contributed by atoms with Gasteiger partial charge < -0.3 is 19.0 Å². The van der Waals surface area contributed by atoms with Crippen molar-refractivity contribution in [2.24, 2.45) is 0 Å². The quantitative estimate of drug-likeness (QED) is 0.479. The Kier molecular flexibility index (Phi) is 4.96. The number of carboxylic acids is 1. The summed E-state index contributed by atoms with van der Waals surface area (Å²) in [6.45, 7) is 0. The van der Waals surface area contributed by atoms with Gasteiger partial charge >= 0.3 is 5.97 Å². The van der Waals surface area contributed by atoms with Gasteiger partial charge in [0.2, 0.25) is 5.75 Å². The molecule has 0 unspecified atom stereocenters. The van der Waals surface area contributed by atoms with Crippen LogP contribution < -0.4 is 9.47 Å². The topological polar surface area (TPSA) is 68.9 Å². The summed E-state index contributed by atoms with van der Waals surface area (Å²) >= 11 is 0. The van der Waals surface area contributed by atoms with Gasteiger partial charge in [-0.1, -0.05) is 54.6 Å². The number of furan rings is 1. The average molecular weight is 388 g/mol. The molecule has 3 aromatic carbocycles. The van der Waals surface area contributed by atoms with Crippen molar-refractivity contribution < 1.29 is 23.8 Å². The molecule has 1 N–H and O–H groups in total. The lowest BCUT2D eigenvalue weighted by Crippen LogP contribution is -1.99. The van der Waals surface area contributed by atoms with Crippen LogP contribution >= 0.6 is 0 Å². The van der Waals surface area contributed by atoms with E-state index < -0.39 is 5.97 Å². The highest BCUT2D eigenvalue weighted by atomic mass is 16.5. The minimum absolute atomic E-state index is 0.118. The molecule has 29 heavy (non-hydrogen) atoms. The monoisotopic (exact) mass is 388 g/mol. The van der Waals surface area contributed by atoms with Crippen LogP contribution in [-0.4, -0.2) is 25.3 Å². The molecular formula is C24H20O5. The van der Waals surface area contributed by atoms with Crippen molar-refractivity contribution in [2.75, 3.05) is 14.2 Å². The second-order valence-corrected chi connectivity index (χ2v) is 6.66. The summed E-state index contributed by atoms with van der Waals surface area (Å²) < 4.78 is 16.6. The predicted octanol–water partition coefficient (Wildman–Crippen LogP) is 5.41. The normalized spacial score (nSPS) is 10.8. The van der Waals surface area contributed by atoms with Gasteiger partial charge in [-0.3, -0.25) is 0 Å². The molecule has 146 valence electrons. The molecule has 0 spiro atoms. The molecule has 4 rings (SSSR count). The van der Waals surface area contributed by atoms with Crippen molar-refractivity contribution in [3.63, 3.8) is 0 Å². The number of methoxy groups -OCH3 is 2. The van der Waals surface area contributed by atoms with Gasteiger partial charge in [0.15, 0.2) is 11.3 Å². The Morgan fingerprint density at radius 1 is 0.931 bits per heavy atom. The second kappa shape index (κ2) is 7.72. The third-order valence-corrected chi connectivity index (χ3v) is 4.87. The summed E-state index contributed by atoms with van der Waals surface area (Å²) in [6, 6.07) is 21.6. The molecule has 0 aliphatic rings. The fourth-order valence-corrected chi connectivity index (χ4v) is 3.45. The van der Waals surface area contributed by atoms with E-state index in [4.69, 9.17) is 13.9 Å². The van der Waals surface area contributed by atoms with Crippen LogP contribution in [0.1, 0.15) is 21.7 Å². The molecule has 0 saturated carbocycles. The highest BCUT2D eigenvalue weighted by Gasteiger charge is 2.21. The number of carboxylic acid groups (broad SMARTS) is 1. The van der Waals surface area contributed by atoms with Gasteiger partial charge in [0, 0.05) is 11.8 Å².